The van der Waals surface area contributed by atoms with Crippen molar-refractivity contribution in [2.45, 2.75) is 33.6 Å². The van der Waals surface area contributed by atoms with Crippen LogP contribution in [0, 0.1) is 13.8 Å². The SMILES string of the molecule is C=C(/C=C\C(=C/C)c1ccc(-c2cnccc2C)c(C)c1)CCC=O. The summed E-state index contributed by atoms with van der Waals surface area (Å²) in [4.78, 5) is 14.7. The molecule has 25 heavy (non-hydrogen) atoms. The summed E-state index contributed by atoms with van der Waals surface area (Å²) in [7, 11) is 0. The lowest BCUT2D eigenvalue weighted by Crippen LogP contribution is -1.91. The Labute approximate surface area is 150 Å². The molecule has 0 bridgehead atoms. The summed E-state index contributed by atoms with van der Waals surface area (Å²) in [6.07, 6.45) is 12.0. The molecule has 0 spiro atoms. The van der Waals surface area contributed by atoms with E-state index in [9.17, 15) is 4.79 Å². The van der Waals surface area contributed by atoms with Crippen LogP contribution in [-0.4, -0.2) is 11.3 Å². The van der Waals surface area contributed by atoms with E-state index in [2.05, 4.69) is 55.8 Å². The predicted octanol–water partition coefficient (Wildman–Crippen LogP) is 5.86. The molecule has 0 N–H and O–H groups in total. The Morgan fingerprint density at radius 3 is 2.56 bits per heavy atom. The minimum Gasteiger partial charge on any atom is -0.303 e. The molecule has 0 atom stereocenters. The molecule has 1 heterocycles. The summed E-state index contributed by atoms with van der Waals surface area (Å²) in [5, 5.41) is 0. The van der Waals surface area contributed by atoms with Crippen molar-refractivity contribution in [3.63, 3.8) is 0 Å². The minimum atomic E-state index is 0.520. The van der Waals surface area contributed by atoms with Gasteiger partial charge in [0.2, 0.25) is 0 Å². The van der Waals surface area contributed by atoms with E-state index >= 15 is 0 Å². The van der Waals surface area contributed by atoms with Crippen LogP contribution in [0.25, 0.3) is 16.7 Å². The van der Waals surface area contributed by atoms with Gasteiger partial charge < -0.3 is 4.79 Å². The summed E-state index contributed by atoms with van der Waals surface area (Å²) < 4.78 is 0. The van der Waals surface area contributed by atoms with Crippen molar-refractivity contribution >= 4 is 11.9 Å². The maximum Gasteiger partial charge on any atom is 0.120 e. The third kappa shape index (κ3) is 4.87. The fourth-order valence-corrected chi connectivity index (χ4v) is 2.79. The first-order chi connectivity index (χ1) is 12.1. The zero-order valence-corrected chi connectivity index (χ0v) is 15.3. The number of nitrogens with zero attached hydrogens (tertiary/aromatic N) is 1. The molecule has 128 valence electrons. The Bertz CT molecular complexity index is 828. The number of hydrogen-bond donors (Lipinski definition) is 0. The highest BCUT2D eigenvalue weighted by Crippen LogP contribution is 2.29. The van der Waals surface area contributed by atoms with E-state index in [1.165, 1.54) is 27.8 Å². The number of benzene rings is 1. The van der Waals surface area contributed by atoms with Gasteiger partial charge in [-0.15, -0.1) is 0 Å². The van der Waals surface area contributed by atoms with Crippen LogP contribution < -0.4 is 0 Å². The van der Waals surface area contributed by atoms with E-state index < -0.39 is 0 Å². The number of allylic oxidation sites excluding steroid dienone is 5. The standard InChI is InChI=1S/C23H25NO/c1-5-20(9-8-17(2)7-6-14-25)21-10-11-22(19(4)15-21)23-16-24-13-12-18(23)3/h5,8-16H,2,6-7H2,1,3-4H3/b9-8-,20-5+. The highest BCUT2D eigenvalue weighted by Gasteiger charge is 2.07. The molecular formula is C23H25NO. The van der Waals surface area contributed by atoms with Crippen LogP contribution in [-0.2, 0) is 4.79 Å². The topological polar surface area (TPSA) is 30.0 Å². The normalized spacial score (nSPS) is 11.7. The molecule has 2 nitrogen and oxygen atoms in total. The molecule has 0 fully saturated rings. The van der Waals surface area contributed by atoms with Gasteiger partial charge in [0.05, 0.1) is 0 Å². The first kappa shape index (κ1) is 18.6. The van der Waals surface area contributed by atoms with Gasteiger partial charge in [-0.2, -0.15) is 0 Å². The van der Waals surface area contributed by atoms with Gasteiger partial charge in [0.25, 0.3) is 0 Å². The summed E-state index contributed by atoms with van der Waals surface area (Å²) in [6, 6.07) is 8.54. The first-order valence-electron chi connectivity index (χ1n) is 8.54. The van der Waals surface area contributed by atoms with Crippen LogP contribution in [0.5, 0.6) is 0 Å². The third-order valence-electron chi connectivity index (χ3n) is 4.28. The molecule has 2 heteroatoms. The summed E-state index contributed by atoms with van der Waals surface area (Å²) in [6.45, 7) is 10.3. The molecule has 0 amide bonds. The fourth-order valence-electron chi connectivity index (χ4n) is 2.79. The van der Waals surface area contributed by atoms with E-state index in [1.807, 2.05) is 31.5 Å². The molecular weight excluding hydrogens is 306 g/mol. The van der Waals surface area contributed by atoms with E-state index in [1.54, 1.807) is 0 Å². The Morgan fingerprint density at radius 1 is 1.12 bits per heavy atom. The highest BCUT2D eigenvalue weighted by atomic mass is 16.1. The van der Waals surface area contributed by atoms with E-state index in [-0.39, 0.29) is 0 Å². The van der Waals surface area contributed by atoms with Crippen LogP contribution in [0.1, 0.15) is 36.5 Å². The Balaban J connectivity index is 2.26. The second kappa shape index (κ2) is 8.93. The van der Waals surface area contributed by atoms with Crippen molar-refractivity contribution in [3.8, 4) is 11.1 Å². The number of carbonyl (C=O) groups is 1. The van der Waals surface area contributed by atoms with Gasteiger partial charge in [-0.25, -0.2) is 0 Å². The predicted molar refractivity (Wildman–Crippen MR) is 106 cm³/mol. The summed E-state index contributed by atoms with van der Waals surface area (Å²) in [5.41, 5.74) is 8.11. The van der Waals surface area contributed by atoms with E-state index in [4.69, 9.17) is 0 Å². The van der Waals surface area contributed by atoms with Crippen molar-refractivity contribution in [3.05, 3.63) is 83.7 Å². The molecule has 1 aromatic carbocycles. The summed E-state index contributed by atoms with van der Waals surface area (Å²) >= 11 is 0. The largest absolute Gasteiger partial charge is 0.303 e. The van der Waals surface area contributed by atoms with Gasteiger partial charge >= 0.3 is 0 Å². The van der Waals surface area contributed by atoms with Gasteiger partial charge in [0.1, 0.15) is 6.29 Å². The maximum absolute atomic E-state index is 10.5. The quantitative estimate of drug-likeness (QED) is 0.470. The number of aromatic nitrogens is 1. The molecule has 0 saturated heterocycles. The van der Waals surface area contributed by atoms with Crippen LogP contribution in [0.15, 0.2) is 67.0 Å². The second-order valence-electron chi connectivity index (χ2n) is 6.16. The molecule has 0 aliphatic heterocycles. The first-order valence-corrected chi connectivity index (χ1v) is 8.54. The molecule has 2 rings (SSSR count). The molecule has 0 saturated carbocycles. The second-order valence-corrected chi connectivity index (χ2v) is 6.16. The van der Waals surface area contributed by atoms with Gasteiger partial charge in [-0.3, -0.25) is 4.98 Å². The molecule has 0 radical (unpaired) electrons. The van der Waals surface area contributed by atoms with Crippen molar-refractivity contribution in [2.75, 3.05) is 0 Å². The van der Waals surface area contributed by atoms with Crippen molar-refractivity contribution in [1.82, 2.24) is 4.98 Å². The van der Waals surface area contributed by atoms with Crippen molar-refractivity contribution < 1.29 is 4.79 Å². The Kier molecular flexibility index (Phi) is 6.64. The lowest BCUT2D eigenvalue weighted by atomic mass is 9.94. The minimum absolute atomic E-state index is 0.520. The number of hydrogen-bond acceptors (Lipinski definition) is 2. The van der Waals surface area contributed by atoms with Crippen LogP contribution in [0.3, 0.4) is 0 Å². The zero-order chi connectivity index (χ0) is 18.2. The van der Waals surface area contributed by atoms with Gasteiger partial charge in [-0.1, -0.05) is 48.6 Å². The molecule has 2 aromatic rings. The molecule has 0 aliphatic rings. The number of pyridine rings is 1. The lowest BCUT2D eigenvalue weighted by Gasteiger charge is -2.11. The average molecular weight is 331 g/mol. The monoisotopic (exact) mass is 331 g/mol. The average Bonchev–Trinajstić information content (AvgIpc) is 2.61. The number of aryl methyl sites for hydroxylation is 2. The number of rotatable bonds is 7. The van der Waals surface area contributed by atoms with E-state index in [0.29, 0.717) is 12.8 Å². The smallest absolute Gasteiger partial charge is 0.120 e. The summed E-state index contributed by atoms with van der Waals surface area (Å²) in [5.74, 6) is 0. The number of carbonyl (C=O) groups excluding carboxylic acids is 1. The Morgan fingerprint density at radius 2 is 1.92 bits per heavy atom. The highest BCUT2D eigenvalue weighted by molar-refractivity contribution is 5.78. The van der Waals surface area contributed by atoms with Crippen LogP contribution in [0.4, 0.5) is 0 Å². The zero-order valence-electron chi connectivity index (χ0n) is 15.3. The van der Waals surface area contributed by atoms with Gasteiger partial charge in [0.15, 0.2) is 0 Å². The Hall–Kier alpha value is -2.74. The van der Waals surface area contributed by atoms with Gasteiger partial charge in [0, 0.05) is 24.4 Å². The molecule has 0 unspecified atom stereocenters. The molecule has 0 aliphatic carbocycles. The van der Waals surface area contributed by atoms with Crippen molar-refractivity contribution in [1.29, 1.82) is 0 Å². The van der Waals surface area contributed by atoms with Crippen LogP contribution >= 0.6 is 0 Å². The van der Waals surface area contributed by atoms with Crippen LogP contribution in [0.2, 0.25) is 0 Å². The maximum atomic E-state index is 10.5. The van der Waals surface area contributed by atoms with Gasteiger partial charge in [-0.05, 0) is 61.1 Å². The van der Waals surface area contributed by atoms with E-state index in [0.717, 1.165) is 17.4 Å². The number of aldehydes is 1. The third-order valence-corrected chi connectivity index (χ3v) is 4.28. The molecule has 1 aromatic heterocycles. The lowest BCUT2D eigenvalue weighted by molar-refractivity contribution is -0.107. The fraction of sp³-hybridized carbons (Fsp3) is 0.217. The van der Waals surface area contributed by atoms with Crippen molar-refractivity contribution in [2.24, 2.45) is 0 Å².